The highest BCUT2D eigenvalue weighted by atomic mass is 16.3. The van der Waals surface area contributed by atoms with Crippen molar-refractivity contribution in [3.63, 3.8) is 0 Å². The van der Waals surface area contributed by atoms with Crippen molar-refractivity contribution in [1.82, 2.24) is 14.7 Å². The summed E-state index contributed by atoms with van der Waals surface area (Å²) < 4.78 is 1.80. The maximum Gasteiger partial charge on any atom is 0.257 e. The number of aliphatic hydroxyl groups is 1. The van der Waals surface area contributed by atoms with Crippen molar-refractivity contribution >= 4 is 5.91 Å². The van der Waals surface area contributed by atoms with E-state index in [-0.39, 0.29) is 18.1 Å². The molecule has 122 valence electrons. The van der Waals surface area contributed by atoms with E-state index in [1.807, 2.05) is 42.2 Å². The molecule has 2 unspecified atom stereocenters. The summed E-state index contributed by atoms with van der Waals surface area (Å²) in [6.45, 7) is 4.46. The summed E-state index contributed by atoms with van der Waals surface area (Å²) in [6.07, 6.45) is 3.86. The van der Waals surface area contributed by atoms with Crippen molar-refractivity contribution in [2.45, 2.75) is 45.3 Å². The zero-order chi connectivity index (χ0) is 16.4. The van der Waals surface area contributed by atoms with Gasteiger partial charge >= 0.3 is 0 Å². The van der Waals surface area contributed by atoms with Gasteiger partial charge in [-0.3, -0.25) is 4.79 Å². The summed E-state index contributed by atoms with van der Waals surface area (Å²) >= 11 is 0. The first-order valence-corrected chi connectivity index (χ1v) is 8.17. The van der Waals surface area contributed by atoms with Gasteiger partial charge in [0.05, 0.1) is 29.2 Å². The van der Waals surface area contributed by atoms with Crippen molar-refractivity contribution in [3.8, 4) is 5.69 Å². The molecule has 1 aliphatic heterocycles. The third-order valence-corrected chi connectivity index (χ3v) is 4.49. The van der Waals surface area contributed by atoms with Gasteiger partial charge in [0.15, 0.2) is 0 Å². The number of nitrogens with zero attached hydrogens (tertiary/aromatic N) is 3. The summed E-state index contributed by atoms with van der Waals surface area (Å²) in [5, 5.41) is 14.0. The van der Waals surface area contributed by atoms with E-state index in [1.54, 1.807) is 17.8 Å². The molecule has 1 fully saturated rings. The number of likely N-dealkylation sites (tertiary alicyclic amines) is 1. The number of rotatable bonds is 4. The number of hydrogen-bond donors (Lipinski definition) is 1. The van der Waals surface area contributed by atoms with E-state index >= 15 is 0 Å². The van der Waals surface area contributed by atoms with Crippen LogP contribution in [0.5, 0.6) is 0 Å². The molecule has 2 aromatic rings. The fourth-order valence-corrected chi connectivity index (χ4v) is 3.35. The Morgan fingerprint density at radius 1 is 1.39 bits per heavy atom. The average Bonchev–Trinajstić information content (AvgIpc) is 3.14. The predicted molar refractivity (Wildman–Crippen MR) is 88.7 cm³/mol. The fraction of sp³-hybridized carbons (Fsp3) is 0.444. The van der Waals surface area contributed by atoms with Crippen molar-refractivity contribution in [2.75, 3.05) is 6.54 Å². The van der Waals surface area contributed by atoms with Crippen LogP contribution >= 0.6 is 0 Å². The van der Waals surface area contributed by atoms with E-state index < -0.39 is 0 Å². The second-order valence-electron chi connectivity index (χ2n) is 6.27. The summed E-state index contributed by atoms with van der Waals surface area (Å²) in [5.74, 6) is 0.0211. The minimum atomic E-state index is -0.387. The van der Waals surface area contributed by atoms with Crippen LogP contribution in [0.1, 0.15) is 42.2 Å². The number of carbonyl (C=O) groups is 1. The van der Waals surface area contributed by atoms with Crippen LogP contribution < -0.4 is 0 Å². The molecule has 2 atom stereocenters. The van der Waals surface area contributed by atoms with Crippen LogP contribution in [0.15, 0.2) is 36.5 Å². The third kappa shape index (κ3) is 3.15. The molecule has 2 heterocycles. The lowest BCUT2D eigenvalue weighted by molar-refractivity contribution is 0.0681. The Morgan fingerprint density at radius 2 is 2.13 bits per heavy atom. The monoisotopic (exact) mass is 313 g/mol. The third-order valence-electron chi connectivity index (χ3n) is 4.49. The van der Waals surface area contributed by atoms with Crippen LogP contribution in [0, 0.1) is 6.92 Å². The van der Waals surface area contributed by atoms with Crippen LogP contribution in [0.3, 0.4) is 0 Å². The molecular formula is C18H23N3O2. The lowest BCUT2D eigenvalue weighted by atomic mass is 10.1. The Morgan fingerprint density at radius 3 is 2.83 bits per heavy atom. The van der Waals surface area contributed by atoms with E-state index in [2.05, 4.69) is 5.10 Å². The zero-order valence-electron chi connectivity index (χ0n) is 13.6. The molecule has 1 aromatic carbocycles. The summed E-state index contributed by atoms with van der Waals surface area (Å²) in [5.41, 5.74) is 2.45. The molecule has 5 nitrogen and oxygen atoms in total. The molecule has 0 bridgehead atoms. The second-order valence-corrected chi connectivity index (χ2v) is 6.27. The molecule has 5 heteroatoms. The minimum Gasteiger partial charge on any atom is -0.393 e. The summed E-state index contributed by atoms with van der Waals surface area (Å²) in [4.78, 5) is 14.8. The van der Waals surface area contributed by atoms with Gasteiger partial charge in [-0.15, -0.1) is 0 Å². The maximum absolute atomic E-state index is 12.9. The van der Waals surface area contributed by atoms with Crippen LogP contribution in [0.4, 0.5) is 0 Å². The number of amides is 1. The van der Waals surface area contributed by atoms with E-state index in [4.69, 9.17) is 0 Å². The molecule has 1 N–H and O–H groups in total. The smallest absolute Gasteiger partial charge is 0.257 e. The Hall–Kier alpha value is -2.14. The number of aliphatic hydroxyl groups excluding tert-OH is 1. The molecule has 1 aromatic heterocycles. The van der Waals surface area contributed by atoms with Gasteiger partial charge < -0.3 is 10.0 Å². The molecule has 0 spiro atoms. The zero-order valence-corrected chi connectivity index (χ0v) is 13.6. The SMILES string of the molecule is Cc1c(C(=O)N2CCCC2CC(C)O)cnn1-c1ccccc1. The van der Waals surface area contributed by atoms with Gasteiger partial charge in [-0.25, -0.2) is 4.68 Å². The van der Waals surface area contributed by atoms with Crippen molar-refractivity contribution < 1.29 is 9.90 Å². The van der Waals surface area contributed by atoms with Crippen LogP contribution in [-0.2, 0) is 0 Å². The maximum atomic E-state index is 12.9. The Bertz CT molecular complexity index is 679. The molecule has 1 saturated heterocycles. The highest BCUT2D eigenvalue weighted by molar-refractivity contribution is 5.95. The standard InChI is InChI=1S/C18H23N3O2/c1-13(22)11-16-9-6-10-20(16)18(23)17-12-19-21(14(17)2)15-7-4-3-5-8-15/h3-5,7-8,12-13,16,22H,6,9-11H2,1-2H3. The Balaban J connectivity index is 1.85. The first-order valence-electron chi connectivity index (χ1n) is 8.17. The number of para-hydroxylation sites is 1. The van der Waals surface area contributed by atoms with Gasteiger partial charge in [-0.2, -0.15) is 5.10 Å². The van der Waals surface area contributed by atoms with Gasteiger partial charge in [0.1, 0.15) is 0 Å². The van der Waals surface area contributed by atoms with E-state index in [1.165, 1.54) is 0 Å². The molecule has 1 aliphatic rings. The van der Waals surface area contributed by atoms with E-state index in [9.17, 15) is 9.90 Å². The molecule has 23 heavy (non-hydrogen) atoms. The molecule has 3 rings (SSSR count). The first-order chi connectivity index (χ1) is 11.1. The molecule has 1 amide bonds. The second kappa shape index (κ2) is 6.54. The number of aromatic nitrogens is 2. The summed E-state index contributed by atoms with van der Waals surface area (Å²) in [7, 11) is 0. The lowest BCUT2D eigenvalue weighted by Gasteiger charge is -2.25. The van der Waals surface area contributed by atoms with E-state index in [0.717, 1.165) is 30.8 Å². The highest BCUT2D eigenvalue weighted by Crippen LogP contribution is 2.25. The van der Waals surface area contributed by atoms with Gasteiger partial charge in [0, 0.05) is 12.6 Å². The van der Waals surface area contributed by atoms with Gasteiger partial charge in [-0.1, -0.05) is 18.2 Å². The van der Waals surface area contributed by atoms with Gasteiger partial charge in [0.25, 0.3) is 5.91 Å². The quantitative estimate of drug-likeness (QED) is 0.944. The molecular weight excluding hydrogens is 290 g/mol. The topological polar surface area (TPSA) is 58.4 Å². The summed E-state index contributed by atoms with van der Waals surface area (Å²) in [6, 6.07) is 9.94. The minimum absolute atomic E-state index is 0.0211. The van der Waals surface area contributed by atoms with Crippen molar-refractivity contribution in [2.24, 2.45) is 0 Å². The van der Waals surface area contributed by atoms with Crippen molar-refractivity contribution in [1.29, 1.82) is 0 Å². The van der Waals surface area contributed by atoms with Crippen LogP contribution in [-0.4, -0.2) is 44.4 Å². The first kappa shape index (κ1) is 15.7. The molecule has 0 saturated carbocycles. The van der Waals surface area contributed by atoms with Crippen LogP contribution in [0.2, 0.25) is 0 Å². The average molecular weight is 313 g/mol. The van der Waals surface area contributed by atoms with Gasteiger partial charge in [-0.05, 0) is 45.2 Å². The number of carbonyl (C=O) groups excluding carboxylic acids is 1. The highest BCUT2D eigenvalue weighted by Gasteiger charge is 2.31. The molecule has 0 aliphatic carbocycles. The van der Waals surface area contributed by atoms with Crippen LogP contribution in [0.25, 0.3) is 5.69 Å². The predicted octanol–water partition coefficient (Wildman–Crippen LogP) is 2.56. The number of hydrogen-bond acceptors (Lipinski definition) is 3. The van der Waals surface area contributed by atoms with Gasteiger partial charge in [0.2, 0.25) is 0 Å². The Labute approximate surface area is 136 Å². The van der Waals surface area contributed by atoms with E-state index in [0.29, 0.717) is 12.0 Å². The lowest BCUT2D eigenvalue weighted by Crippen LogP contribution is -2.37. The normalized spacial score (nSPS) is 19.1. The Kier molecular flexibility index (Phi) is 4.48. The van der Waals surface area contributed by atoms with Crippen molar-refractivity contribution in [3.05, 3.63) is 47.8 Å². The fourth-order valence-electron chi connectivity index (χ4n) is 3.35. The number of benzene rings is 1. The largest absolute Gasteiger partial charge is 0.393 e. The molecule has 0 radical (unpaired) electrons.